The second kappa shape index (κ2) is 4.29. The molecule has 1 aliphatic heterocycles. The lowest BCUT2D eigenvalue weighted by Crippen LogP contribution is -2.28. The van der Waals surface area contributed by atoms with Crippen LogP contribution in [0.4, 0.5) is 0 Å². The van der Waals surface area contributed by atoms with Gasteiger partial charge < -0.3 is 9.84 Å². The topological polar surface area (TPSA) is 68.8 Å². The van der Waals surface area contributed by atoms with E-state index in [1.807, 2.05) is 13.2 Å². The quantitative estimate of drug-likeness (QED) is 0.836. The number of aryl methyl sites for hydroxylation is 1. The fourth-order valence-corrected chi connectivity index (χ4v) is 2.12. The molecule has 0 bridgehead atoms. The first kappa shape index (κ1) is 10.5. The van der Waals surface area contributed by atoms with Gasteiger partial charge in [0.05, 0.1) is 17.7 Å². The second-order valence-corrected chi connectivity index (χ2v) is 4.40. The van der Waals surface area contributed by atoms with Gasteiger partial charge in [0.1, 0.15) is 0 Å². The zero-order valence-electron chi connectivity index (χ0n) is 9.76. The molecule has 3 heterocycles. The van der Waals surface area contributed by atoms with Crippen LogP contribution in [-0.2, 0) is 7.05 Å². The van der Waals surface area contributed by atoms with Gasteiger partial charge in [-0.25, -0.2) is 0 Å². The normalized spacial score (nSPS) is 20.6. The summed E-state index contributed by atoms with van der Waals surface area (Å²) in [6, 6.07) is 0. The van der Waals surface area contributed by atoms with Gasteiger partial charge in [-0.05, 0) is 19.4 Å². The van der Waals surface area contributed by atoms with Crippen molar-refractivity contribution < 1.29 is 4.52 Å². The summed E-state index contributed by atoms with van der Waals surface area (Å²) in [6.07, 6.45) is 5.90. The van der Waals surface area contributed by atoms with Gasteiger partial charge in [-0.3, -0.25) is 4.68 Å². The van der Waals surface area contributed by atoms with E-state index in [0.29, 0.717) is 11.7 Å². The highest BCUT2D eigenvalue weighted by molar-refractivity contribution is 5.51. The number of hydrogen-bond acceptors (Lipinski definition) is 5. The summed E-state index contributed by atoms with van der Waals surface area (Å²) in [5.74, 6) is 1.70. The molecule has 1 aliphatic rings. The Bertz CT molecular complexity index is 497. The number of rotatable bonds is 2. The molecule has 1 atom stereocenters. The second-order valence-electron chi connectivity index (χ2n) is 4.40. The molecular formula is C11H15N5O. The Morgan fingerprint density at radius 1 is 1.53 bits per heavy atom. The third-order valence-corrected chi connectivity index (χ3v) is 3.05. The third-order valence-electron chi connectivity index (χ3n) is 3.05. The van der Waals surface area contributed by atoms with Crippen LogP contribution in [0.5, 0.6) is 0 Å². The first-order valence-corrected chi connectivity index (χ1v) is 5.86. The number of nitrogens with one attached hydrogen (secondary N) is 1. The molecule has 0 saturated carbocycles. The molecule has 2 aromatic heterocycles. The van der Waals surface area contributed by atoms with Gasteiger partial charge in [-0.2, -0.15) is 10.1 Å². The highest BCUT2D eigenvalue weighted by Crippen LogP contribution is 2.24. The molecule has 0 amide bonds. The molecule has 90 valence electrons. The van der Waals surface area contributed by atoms with Crippen LogP contribution in [0.2, 0.25) is 0 Å². The summed E-state index contributed by atoms with van der Waals surface area (Å²) in [4.78, 5) is 4.45. The van der Waals surface area contributed by atoms with E-state index in [2.05, 4.69) is 20.6 Å². The lowest BCUT2D eigenvalue weighted by atomic mass is 10.00. The number of piperidine rings is 1. The van der Waals surface area contributed by atoms with Crippen molar-refractivity contribution in [1.29, 1.82) is 0 Å². The van der Waals surface area contributed by atoms with Gasteiger partial charge in [-0.1, -0.05) is 5.16 Å². The zero-order valence-corrected chi connectivity index (χ0v) is 9.76. The van der Waals surface area contributed by atoms with Gasteiger partial charge in [-0.15, -0.1) is 0 Å². The van der Waals surface area contributed by atoms with Gasteiger partial charge >= 0.3 is 0 Å². The maximum Gasteiger partial charge on any atom is 0.231 e. The van der Waals surface area contributed by atoms with Gasteiger partial charge in [0.15, 0.2) is 0 Å². The third kappa shape index (κ3) is 2.08. The first-order chi connectivity index (χ1) is 8.33. The van der Waals surface area contributed by atoms with E-state index < -0.39 is 0 Å². The minimum Gasteiger partial charge on any atom is -0.339 e. The zero-order chi connectivity index (χ0) is 11.7. The van der Waals surface area contributed by atoms with Crippen molar-refractivity contribution >= 4 is 0 Å². The van der Waals surface area contributed by atoms with E-state index >= 15 is 0 Å². The Kier molecular flexibility index (Phi) is 2.64. The van der Waals surface area contributed by atoms with Crippen molar-refractivity contribution in [2.75, 3.05) is 13.1 Å². The molecule has 1 unspecified atom stereocenters. The van der Waals surface area contributed by atoms with Crippen LogP contribution in [0.3, 0.4) is 0 Å². The van der Waals surface area contributed by atoms with E-state index in [9.17, 15) is 0 Å². The maximum absolute atomic E-state index is 5.33. The standard InChI is InChI=1S/C11H15N5O/c1-16-7-9(6-13-16)10-14-11(17-15-10)8-3-2-4-12-5-8/h6-8,12H,2-5H2,1H3. The summed E-state index contributed by atoms with van der Waals surface area (Å²) in [5, 5.41) is 11.4. The van der Waals surface area contributed by atoms with E-state index in [1.54, 1.807) is 10.9 Å². The van der Waals surface area contributed by atoms with Crippen LogP contribution >= 0.6 is 0 Å². The monoisotopic (exact) mass is 233 g/mol. The van der Waals surface area contributed by atoms with Crippen molar-refractivity contribution in [3.63, 3.8) is 0 Å². The van der Waals surface area contributed by atoms with Crippen molar-refractivity contribution in [2.24, 2.45) is 7.05 Å². The molecule has 3 rings (SSSR count). The Morgan fingerprint density at radius 3 is 3.18 bits per heavy atom. The summed E-state index contributed by atoms with van der Waals surface area (Å²) in [6.45, 7) is 2.01. The largest absolute Gasteiger partial charge is 0.339 e. The molecule has 1 saturated heterocycles. The molecule has 0 radical (unpaired) electrons. The number of nitrogens with zero attached hydrogens (tertiary/aromatic N) is 4. The van der Waals surface area contributed by atoms with Crippen molar-refractivity contribution in [3.05, 3.63) is 18.3 Å². The SMILES string of the molecule is Cn1cc(-c2noc(C3CCCNC3)n2)cn1. The molecule has 17 heavy (non-hydrogen) atoms. The van der Waals surface area contributed by atoms with Gasteiger partial charge in [0, 0.05) is 19.8 Å². The smallest absolute Gasteiger partial charge is 0.231 e. The van der Waals surface area contributed by atoms with Crippen molar-refractivity contribution in [2.45, 2.75) is 18.8 Å². The van der Waals surface area contributed by atoms with Crippen LogP contribution in [0.15, 0.2) is 16.9 Å². The Morgan fingerprint density at radius 2 is 2.47 bits per heavy atom. The molecule has 1 fully saturated rings. The minimum atomic E-state index is 0.349. The molecule has 6 nitrogen and oxygen atoms in total. The van der Waals surface area contributed by atoms with Gasteiger partial charge in [0.2, 0.25) is 11.7 Å². The highest BCUT2D eigenvalue weighted by atomic mass is 16.5. The predicted octanol–water partition coefficient (Wildman–Crippen LogP) is 0.937. The minimum absolute atomic E-state index is 0.349. The highest BCUT2D eigenvalue weighted by Gasteiger charge is 2.21. The van der Waals surface area contributed by atoms with E-state index in [0.717, 1.165) is 37.4 Å². The Balaban J connectivity index is 1.82. The number of hydrogen-bond donors (Lipinski definition) is 1. The van der Waals surface area contributed by atoms with Crippen LogP contribution in [0.1, 0.15) is 24.7 Å². The lowest BCUT2D eigenvalue weighted by molar-refractivity contribution is 0.322. The molecule has 6 heteroatoms. The summed E-state index contributed by atoms with van der Waals surface area (Å²) in [7, 11) is 1.87. The van der Waals surface area contributed by atoms with Crippen molar-refractivity contribution in [1.82, 2.24) is 25.2 Å². The number of aromatic nitrogens is 4. The predicted molar refractivity (Wildman–Crippen MR) is 61.3 cm³/mol. The van der Waals surface area contributed by atoms with Crippen LogP contribution in [0, 0.1) is 0 Å². The molecule has 0 aliphatic carbocycles. The Labute approximate surface area is 99.0 Å². The molecular weight excluding hydrogens is 218 g/mol. The van der Waals surface area contributed by atoms with Crippen LogP contribution in [0.25, 0.3) is 11.4 Å². The summed E-state index contributed by atoms with van der Waals surface area (Å²) < 4.78 is 7.06. The fraction of sp³-hybridized carbons (Fsp3) is 0.545. The fourth-order valence-electron chi connectivity index (χ4n) is 2.12. The molecule has 1 N–H and O–H groups in total. The van der Waals surface area contributed by atoms with Gasteiger partial charge in [0.25, 0.3) is 0 Å². The van der Waals surface area contributed by atoms with Crippen molar-refractivity contribution in [3.8, 4) is 11.4 Å². The van der Waals surface area contributed by atoms with E-state index in [-0.39, 0.29) is 0 Å². The molecule has 0 spiro atoms. The molecule has 2 aromatic rings. The van der Waals surface area contributed by atoms with E-state index in [4.69, 9.17) is 4.52 Å². The van der Waals surface area contributed by atoms with E-state index in [1.165, 1.54) is 0 Å². The summed E-state index contributed by atoms with van der Waals surface area (Å²) >= 11 is 0. The lowest BCUT2D eigenvalue weighted by Gasteiger charge is -2.18. The maximum atomic E-state index is 5.33. The average Bonchev–Trinajstić information content (AvgIpc) is 2.98. The summed E-state index contributed by atoms with van der Waals surface area (Å²) in [5.41, 5.74) is 0.895. The van der Waals surface area contributed by atoms with Crippen LogP contribution in [-0.4, -0.2) is 33.0 Å². The van der Waals surface area contributed by atoms with Crippen LogP contribution < -0.4 is 5.32 Å². The first-order valence-electron chi connectivity index (χ1n) is 5.86. The average molecular weight is 233 g/mol. The molecule has 0 aromatic carbocycles. The Hall–Kier alpha value is -1.69.